The average Bonchev–Trinajstić information content (AvgIpc) is 2.27. The van der Waals surface area contributed by atoms with E-state index in [0.717, 1.165) is 12.5 Å². The second-order valence-electron chi connectivity index (χ2n) is 4.88. The summed E-state index contributed by atoms with van der Waals surface area (Å²) in [7, 11) is 1.82. The van der Waals surface area contributed by atoms with Crippen LogP contribution in [0.3, 0.4) is 0 Å². The Hall–Kier alpha value is -1.45. The summed E-state index contributed by atoms with van der Waals surface area (Å²) in [5.41, 5.74) is 0.923. The van der Waals surface area contributed by atoms with Crippen LogP contribution in [0.1, 0.15) is 30.7 Å². The van der Waals surface area contributed by atoms with Crippen LogP contribution in [0.4, 0.5) is 14.5 Å². The van der Waals surface area contributed by atoms with Gasteiger partial charge >= 0.3 is 0 Å². The number of carbonyl (C=O) groups is 1. The molecule has 1 heterocycles. The molecule has 0 N–H and O–H groups in total. The normalized spacial score (nSPS) is 27.0. The molecule has 1 fully saturated rings. The molecule has 90 valence electrons. The van der Waals surface area contributed by atoms with E-state index in [9.17, 15) is 13.6 Å². The fraction of sp³-hybridized carbons (Fsp3) is 0.462. The number of fused-ring (bicyclic) bond motifs is 4. The standard InChI is InChI=1S/C13H13F2NO/c1-16-8-2-3-12(17)9(6-8)10-4-7(14)5-11(15)13(10)16/h4-5,8-9H,2-3,6H2,1H3/t8-,9+/m1/s1. The fourth-order valence-corrected chi connectivity index (χ4v) is 3.06. The van der Waals surface area contributed by atoms with Gasteiger partial charge in [-0.3, -0.25) is 4.79 Å². The summed E-state index contributed by atoms with van der Waals surface area (Å²) in [6.07, 6.45) is 1.96. The third-order valence-corrected chi connectivity index (χ3v) is 3.95. The zero-order chi connectivity index (χ0) is 12.2. The Kier molecular flexibility index (Phi) is 2.21. The highest BCUT2D eigenvalue weighted by Crippen LogP contribution is 2.44. The molecule has 3 rings (SSSR count). The van der Waals surface area contributed by atoms with Crippen LogP contribution in [0.5, 0.6) is 0 Å². The molecule has 0 aromatic heterocycles. The Morgan fingerprint density at radius 3 is 2.88 bits per heavy atom. The molecular formula is C13H13F2NO. The second kappa shape index (κ2) is 3.52. The summed E-state index contributed by atoms with van der Waals surface area (Å²) < 4.78 is 27.1. The van der Waals surface area contributed by atoms with Crippen molar-refractivity contribution in [3.05, 3.63) is 29.3 Å². The summed E-state index contributed by atoms with van der Waals surface area (Å²) in [5, 5.41) is 0. The zero-order valence-corrected chi connectivity index (χ0v) is 9.54. The number of anilines is 1. The van der Waals surface area contributed by atoms with Crippen LogP contribution in [-0.2, 0) is 4.79 Å². The Bertz CT molecular complexity index is 500. The molecule has 0 unspecified atom stereocenters. The van der Waals surface area contributed by atoms with Gasteiger partial charge in [0, 0.05) is 31.5 Å². The van der Waals surface area contributed by atoms with Crippen molar-refractivity contribution in [2.24, 2.45) is 0 Å². The monoisotopic (exact) mass is 237 g/mol. The van der Waals surface area contributed by atoms with Gasteiger partial charge < -0.3 is 4.90 Å². The van der Waals surface area contributed by atoms with Gasteiger partial charge in [-0.05, 0) is 24.5 Å². The molecule has 1 aliphatic carbocycles. The highest BCUT2D eigenvalue weighted by atomic mass is 19.1. The van der Waals surface area contributed by atoms with E-state index >= 15 is 0 Å². The van der Waals surface area contributed by atoms with Crippen molar-refractivity contribution in [1.82, 2.24) is 0 Å². The number of hydrogen-bond acceptors (Lipinski definition) is 2. The summed E-state index contributed by atoms with van der Waals surface area (Å²) in [6.45, 7) is 0. The first-order valence-corrected chi connectivity index (χ1v) is 5.82. The minimum atomic E-state index is -0.605. The molecule has 0 radical (unpaired) electrons. The molecule has 2 aliphatic rings. The summed E-state index contributed by atoms with van der Waals surface area (Å²) in [5.74, 6) is -1.37. The van der Waals surface area contributed by atoms with Crippen molar-refractivity contribution in [1.29, 1.82) is 0 Å². The van der Waals surface area contributed by atoms with Crippen LogP contribution in [0.2, 0.25) is 0 Å². The summed E-state index contributed by atoms with van der Waals surface area (Å²) >= 11 is 0. The predicted molar refractivity (Wildman–Crippen MR) is 60.1 cm³/mol. The van der Waals surface area contributed by atoms with Gasteiger partial charge in [0.1, 0.15) is 17.4 Å². The highest BCUT2D eigenvalue weighted by molar-refractivity contribution is 5.89. The van der Waals surface area contributed by atoms with Gasteiger partial charge in [-0.1, -0.05) is 0 Å². The van der Waals surface area contributed by atoms with Crippen molar-refractivity contribution in [3.8, 4) is 0 Å². The molecule has 4 heteroatoms. The molecule has 1 aliphatic heterocycles. The van der Waals surface area contributed by atoms with Crippen molar-refractivity contribution in [3.63, 3.8) is 0 Å². The second-order valence-corrected chi connectivity index (χ2v) is 4.88. The minimum Gasteiger partial charge on any atom is -0.369 e. The first kappa shape index (κ1) is 10.7. The maximum Gasteiger partial charge on any atom is 0.149 e. The quantitative estimate of drug-likeness (QED) is 0.691. The Balaban J connectivity index is 2.22. The maximum atomic E-state index is 13.8. The molecule has 2 atom stereocenters. The van der Waals surface area contributed by atoms with Crippen molar-refractivity contribution in [2.75, 3.05) is 11.9 Å². The van der Waals surface area contributed by atoms with E-state index < -0.39 is 11.6 Å². The highest BCUT2D eigenvalue weighted by Gasteiger charge is 2.39. The summed E-state index contributed by atoms with van der Waals surface area (Å²) in [4.78, 5) is 13.7. The van der Waals surface area contributed by atoms with E-state index in [2.05, 4.69) is 0 Å². The lowest BCUT2D eigenvalue weighted by Crippen LogP contribution is -2.43. The van der Waals surface area contributed by atoms with Gasteiger partial charge in [-0.2, -0.15) is 0 Å². The molecule has 2 nitrogen and oxygen atoms in total. The molecule has 1 aromatic rings. The van der Waals surface area contributed by atoms with Gasteiger partial charge in [0.15, 0.2) is 0 Å². The van der Waals surface area contributed by atoms with Gasteiger partial charge in [-0.25, -0.2) is 8.78 Å². The third kappa shape index (κ3) is 1.47. The van der Waals surface area contributed by atoms with Crippen LogP contribution in [0, 0.1) is 11.6 Å². The molecule has 1 saturated carbocycles. The molecule has 1 aromatic carbocycles. The topological polar surface area (TPSA) is 20.3 Å². The van der Waals surface area contributed by atoms with Gasteiger partial charge in [0.2, 0.25) is 0 Å². The Labute approximate surface area is 98.2 Å². The number of rotatable bonds is 0. The number of Topliss-reactive ketones (excluding diaryl/α,β-unsaturated/α-hetero) is 1. The van der Waals surface area contributed by atoms with Crippen molar-refractivity contribution in [2.45, 2.75) is 31.2 Å². The van der Waals surface area contributed by atoms with E-state index in [4.69, 9.17) is 0 Å². The van der Waals surface area contributed by atoms with E-state index in [-0.39, 0.29) is 17.7 Å². The lowest BCUT2D eigenvalue weighted by atomic mass is 9.76. The Morgan fingerprint density at radius 1 is 1.35 bits per heavy atom. The first-order chi connectivity index (χ1) is 8.08. The number of halogens is 2. The van der Waals surface area contributed by atoms with Crippen LogP contribution < -0.4 is 4.90 Å². The first-order valence-electron chi connectivity index (χ1n) is 5.82. The zero-order valence-electron chi connectivity index (χ0n) is 9.54. The number of benzene rings is 1. The molecule has 0 amide bonds. The van der Waals surface area contributed by atoms with Gasteiger partial charge in [-0.15, -0.1) is 0 Å². The van der Waals surface area contributed by atoms with Gasteiger partial charge in [0.25, 0.3) is 0 Å². The molecular weight excluding hydrogens is 224 g/mol. The van der Waals surface area contributed by atoms with Crippen molar-refractivity contribution >= 4 is 11.5 Å². The fourth-order valence-electron chi connectivity index (χ4n) is 3.06. The summed E-state index contributed by atoms with van der Waals surface area (Å²) in [6, 6.07) is 2.39. The molecule has 2 bridgehead atoms. The Morgan fingerprint density at radius 2 is 2.12 bits per heavy atom. The molecule has 0 saturated heterocycles. The lowest BCUT2D eigenvalue weighted by molar-refractivity contribution is -0.122. The minimum absolute atomic E-state index is 0.112. The van der Waals surface area contributed by atoms with Crippen LogP contribution >= 0.6 is 0 Å². The van der Waals surface area contributed by atoms with Crippen LogP contribution in [-0.4, -0.2) is 18.9 Å². The number of hydrogen-bond donors (Lipinski definition) is 0. The SMILES string of the molecule is CN1c2c(F)cc(F)cc2[C@@H]2C[C@H]1CCC2=O. The van der Waals surface area contributed by atoms with Crippen molar-refractivity contribution < 1.29 is 13.6 Å². The van der Waals surface area contributed by atoms with Gasteiger partial charge in [0.05, 0.1) is 5.69 Å². The van der Waals surface area contributed by atoms with E-state index in [1.54, 1.807) is 0 Å². The largest absolute Gasteiger partial charge is 0.369 e. The number of carbonyl (C=O) groups excluding carboxylic acids is 1. The molecule has 0 spiro atoms. The van der Waals surface area contributed by atoms with Crippen LogP contribution in [0.15, 0.2) is 12.1 Å². The average molecular weight is 237 g/mol. The number of ketones is 1. The smallest absolute Gasteiger partial charge is 0.149 e. The maximum absolute atomic E-state index is 13.8. The van der Waals surface area contributed by atoms with E-state index in [1.807, 2.05) is 11.9 Å². The lowest BCUT2D eigenvalue weighted by Gasteiger charge is -2.42. The van der Waals surface area contributed by atoms with Crippen LogP contribution in [0.25, 0.3) is 0 Å². The van der Waals surface area contributed by atoms with E-state index in [0.29, 0.717) is 24.1 Å². The van der Waals surface area contributed by atoms with E-state index in [1.165, 1.54) is 6.07 Å². The predicted octanol–water partition coefficient (Wildman–Crippen LogP) is 2.62. The number of nitrogens with zero attached hydrogens (tertiary/aromatic N) is 1. The third-order valence-electron chi connectivity index (χ3n) is 3.95. The molecule has 17 heavy (non-hydrogen) atoms.